The van der Waals surface area contributed by atoms with E-state index in [2.05, 4.69) is 25.6 Å². The molecule has 0 aliphatic carbocycles. The summed E-state index contributed by atoms with van der Waals surface area (Å²) in [5.74, 6) is 0.337. The van der Waals surface area contributed by atoms with Crippen molar-refractivity contribution in [2.75, 3.05) is 41.9 Å². The van der Waals surface area contributed by atoms with Crippen LogP contribution in [-0.4, -0.2) is 46.0 Å². The van der Waals surface area contributed by atoms with Gasteiger partial charge in [0.05, 0.1) is 16.3 Å². The van der Waals surface area contributed by atoms with Crippen LogP contribution in [0.2, 0.25) is 0 Å². The molecule has 4 rings (SSSR count). The lowest BCUT2D eigenvalue weighted by Crippen LogP contribution is -2.34. The first-order valence-electron chi connectivity index (χ1n) is 10.8. The SMILES string of the molecule is O=[N+]([O-])c1c(NCCN2CCCCC2)ncnc1NN(c1ccccc1)c1ccccc1. The van der Waals surface area contributed by atoms with Crippen LogP contribution < -0.4 is 15.8 Å². The summed E-state index contributed by atoms with van der Waals surface area (Å²) < 4.78 is 0. The minimum atomic E-state index is -0.445. The summed E-state index contributed by atoms with van der Waals surface area (Å²) in [7, 11) is 0. The molecule has 0 amide bonds. The number of anilines is 4. The van der Waals surface area contributed by atoms with Crippen LogP contribution in [0.15, 0.2) is 67.0 Å². The zero-order chi connectivity index (χ0) is 22.2. The number of nitro groups is 1. The topological polar surface area (TPSA) is 99.5 Å². The fourth-order valence-electron chi connectivity index (χ4n) is 3.82. The van der Waals surface area contributed by atoms with Crippen LogP contribution in [0.5, 0.6) is 0 Å². The van der Waals surface area contributed by atoms with Gasteiger partial charge in [-0.2, -0.15) is 0 Å². The summed E-state index contributed by atoms with van der Waals surface area (Å²) in [6.45, 7) is 3.55. The van der Waals surface area contributed by atoms with Crippen molar-refractivity contribution >= 4 is 28.7 Å². The van der Waals surface area contributed by atoms with E-state index in [0.29, 0.717) is 6.54 Å². The van der Waals surface area contributed by atoms with E-state index in [1.54, 1.807) is 5.01 Å². The van der Waals surface area contributed by atoms with Gasteiger partial charge in [-0.15, -0.1) is 0 Å². The van der Waals surface area contributed by atoms with Crippen molar-refractivity contribution in [3.63, 3.8) is 0 Å². The number of hydrogen-bond acceptors (Lipinski definition) is 8. The number of benzene rings is 2. The molecule has 0 saturated carbocycles. The molecule has 9 heteroatoms. The summed E-state index contributed by atoms with van der Waals surface area (Å²) in [6.07, 6.45) is 5.02. The van der Waals surface area contributed by atoms with E-state index >= 15 is 0 Å². The molecule has 0 atom stereocenters. The highest BCUT2D eigenvalue weighted by Crippen LogP contribution is 2.32. The number of aromatic nitrogens is 2. The first-order chi connectivity index (χ1) is 15.7. The standard InChI is InChI=1S/C23H27N7O2/c31-30(32)21-22(24-14-17-28-15-8-3-9-16-28)25-18-26-23(21)27-29(19-10-4-1-5-11-19)20-12-6-2-7-13-20/h1-2,4-7,10-13,18H,3,8-9,14-17H2,(H2,24,25,26,27). The molecule has 1 aromatic heterocycles. The molecular formula is C23H27N7O2. The number of para-hydroxylation sites is 2. The molecule has 2 heterocycles. The number of nitrogens with one attached hydrogen (secondary N) is 2. The van der Waals surface area contributed by atoms with Crippen molar-refractivity contribution in [1.29, 1.82) is 0 Å². The van der Waals surface area contributed by atoms with E-state index in [9.17, 15) is 10.1 Å². The van der Waals surface area contributed by atoms with Gasteiger partial charge >= 0.3 is 5.69 Å². The predicted molar refractivity (Wildman–Crippen MR) is 126 cm³/mol. The van der Waals surface area contributed by atoms with E-state index in [1.807, 2.05) is 60.7 Å². The van der Waals surface area contributed by atoms with Gasteiger partial charge in [0, 0.05) is 13.1 Å². The number of piperidine rings is 1. The van der Waals surface area contributed by atoms with Crippen molar-refractivity contribution < 1.29 is 4.92 Å². The molecule has 1 saturated heterocycles. The second-order valence-electron chi connectivity index (χ2n) is 7.62. The smallest absolute Gasteiger partial charge is 0.354 e. The Labute approximate surface area is 187 Å². The van der Waals surface area contributed by atoms with Gasteiger partial charge in [-0.05, 0) is 50.2 Å². The summed E-state index contributed by atoms with van der Waals surface area (Å²) >= 11 is 0. The fraction of sp³-hybridized carbons (Fsp3) is 0.304. The zero-order valence-corrected chi connectivity index (χ0v) is 17.9. The van der Waals surface area contributed by atoms with Gasteiger partial charge in [-0.3, -0.25) is 20.5 Å². The molecule has 1 aliphatic heterocycles. The number of hydrazine groups is 1. The maximum Gasteiger partial charge on any atom is 0.354 e. The van der Waals surface area contributed by atoms with Crippen LogP contribution in [0.4, 0.5) is 28.7 Å². The van der Waals surface area contributed by atoms with Gasteiger partial charge in [-0.1, -0.05) is 42.8 Å². The highest BCUT2D eigenvalue weighted by molar-refractivity contribution is 5.74. The first kappa shape index (κ1) is 21.5. The second-order valence-corrected chi connectivity index (χ2v) is 7.62. The van der Waals surface area contributed by atoms with E-state index in [4.69, 9.17) is 0 Å². The molecule has 0 unspecified atom stereocenters. The van der Waals surface area contributed by atoms with Gasteiger partial charge in [0.25, 0.3) is 0 Å². The summed E-state index contributed by atoms with van der Waals surface area (Å²) in [5, 5.41) is 16.9. The Kier molecular flexibility index (Phi) is 7.08. The molecule has 2 N–H and O–H groups in total. The van der Waals surface area contributed by atoms with Crippen LogP contribution in [0.3, 0.4) is 0 Å². The van der Waals surface area contributed by atoms with Crippen LogP contribution >= 0.6 is 0 Å². The Morgan fingerprint density at radius 3 is 2.09 bits per heavy atom. The van der Waals surface area contributed by atoms with E-state index in [0.717, 1.165) is 31.0 Å². The van der Waals surface area contributed by atoms with Crippen molar-refractivity contribution in [3.8, 4) is 0 Å². The fourth-order valence-corrected chi connectivity index (χ4v) is 3.82. The average Bonchev–Trinajstić information content (AvgIpc) is 2.84. The van der Waals surface area contributed by atoms with Crippen LogP contribution in [0.1, 0.15) is 19.3 Å². The number of nitrogens with zero attached hydrogens (tertiary/aromatic N) is 5. The minimum Gasteiger partial charge on any atom is -0.363 e. The number of rotatable bonds is 9. The summed E-state index contributed by atoms with van der Waals surface area (Å²) in [4.78, 5) is 22.3. The molecule has 0 bridgehead atoms. The van der Waals surface area contributed by atoms with Crippen LogP contribution in [-0.2, 0) is 0 Å². The zero-order valence-electron chi connectivity index (χ0n) is 17.9. The molecule has 0 radical (unpaired) electrons. The first-order valence-corrected chi connectivity index (χ1v) is 10.8. The Bertz CT molecular complexity index is 972. The predicted octanol–water partition coefficient (Wildman–Crippen LogP) is 4.45. The lowest BCUT2D eigenvalue weighted by Gasteiger charge is -2.27. The quantitative estimate of drug-likeness (QED) is 0.377. The monoisotopic (exact) mass is 433 g/mol. The highest BCUT2D eigenvalue weighted by atomic mass is 16.6. The molecule has 1 aliphatic rings. The minimum absolute atomic E-state index is 0.123. The third-order valence-electron chi connectivity index (χ3n) is 5.42. The molecule has 2 aromatic carbocycles. The van der Waals surface area contributed by atoms with Gasteiger partial charge in [-0.25, -0.2) is 9.97 Å². The van der Waals surface area contributed by atoms with Crippen molar-refractivity contribution in [2.24, 2.45) is 0 Å². The summed E-state index contributed by atoms with van der Waals surface area (Å²) in [5.41, 5.74) is 4.60. The molecule has 3 aromatic rings. The largest absolute Gasteiger partial charge is 0.363 e. The van der Waals surface area contributed by atoms with Gasteiger partial charge < -0.3 is 10.2 Å². The maximum atomic E-state index is 12.0. The molecular weight excluding hydrogens is 406 g/mol. The van der Waals surface area contributed by atoms with Gasteiger partial charge in [0.1, 0.15) is 6.33 Å². The Hall–Kier alpha value is -3.72. The molecule has 32 heavy (non-hydrogen) atoms. The molecule has 9 nitrogen and oxygen atoms in total. The highest BCUT2D eigenvalue weighted by Gasteiger charge is 2.25. The van der Waals surface area contributed by atoms with Gasteiger partial charge in [0.2, 0.25) is 11.6 Å². The molecule has 166 valence electrons. The molecule has 1 fully saturated rings. The third kappa shape index (κ3) is 5.30. The normalized spacial score (nSPS) is 14.0. The lowest BCUT2D eigenvalue weighted by atomic mass is 10.1. The van der Waals surface area contributed by atoms with Crippen molar-refractivity contribution in [3.05, 3.63) is 77.1 Å². The average molecular weight is 434 g/mol. The Morgan fingerprint density at radius 2 is 1.50 bits per heavy atom. The summed E-state index contributed by atoms with van der Waals surface area (Å²) in [6, 6.07) is 19.2. The lowest BCUT2D eigenvalue weighted by molar-refractivity contribution is -0.383. The van der Waals surface area contributed by atoms with Crippen LogP contribution in [0.25, 0.3) is 0 Å². The Balaban J connectivity index is 1.57. The van der Waals surface area contributed by atoms with Crippen molar-refractivity contribution in [2.45, 2.75) is 19.3 Å². The second kappa shape index (κ2) is 10.5. The van der Waals surface area contributed by atoms with E-state index < -0.39 is 4.92 Å². The van der Waals surface area contributed by atoms with E-state index in [-0.39, 0.29) is 17.3 Å². The Morgan fingerprint density at radius 1 is 0.906 bits per heavy atom. The van der Waals surface area contributed by atoms with E-state index in [1.165, 1.54) is 25.6 Å². The number of likely N-dealkylation sites (tertiary alicyclic amines) is 1. The van der Waals surface area contributed by atoms with Crippen molar-refractivity contribution in [1.82, 2.24) is 14.9 Å². The third-order valence-corrected chi connectivity index (χ3v) is 5.42. The molecule has 0 spiro atoms. The van der Waals surface area contributed by atoms with Crippen LogP contribution in [0, 0.1) is 10.1 Å². The van der Waals surface area contributed by atoms with Gasteiger partial charge in [0.15, 0.2) is 0 Å². The maximum absolute atomic E-state index is 12.0. The number of hydrogen-bond donors (Lipinski definition) is 2.